The van der Waals surface area contributed by atoms with E-state index >= 15 is 0 Å². The Morgan fingerprint density at radius 2 is 1.68 bits per heavy atom. The van der Waals surface area contributed by atoms with Crippen molar-refractivity contribution >= 4 is 23.3 Å². The van der Waals surface area contributed by atoms with Crippen molar-refractivity contribution in [2.24, 2.45) is 0 Å². The summed E-state index contributed by atoms with van der Waals surface area (Å²) in [5.41, 5.74) is 1.20. The first-order valence-corrected chi connectivity index (χ1v) is 8.22. The van der Waals surface area contributed by atoms with E-state index < -0.39 is 23.4 Å². The lowest BCUT2D eigenvalue weighted by molar-refractivity contribution is -0.384. The molecule has 1 N–H and O–H groups in total. The van der Waals surface area contributed by atoms with Gasteiger partial charge in [0.25, 0.3) is 11.6 Å². The number of nitro benzene ring substituents is 1. The highest BCUT2D eigenvalue weighted by molar-refractivity contribution is 5.99. The molecule has 2 aromatic rings. The van der Waals surface area contributed by atoms with Crippen molar-refractivity contribution in [3.63, 3.8) is 0 Å². The Hall–Kier alpha value is -3.62. The van der Waals surface area contributed by atoms with E-state index in [0.717, 1.165) is 5.56 Å². The molecule has 2 aromatic carbocycles. The van der Waals surface area contributed by atoms with Crippen LogP contribution < -0.4 is 14.8 Å². The average Bonchev–Trinajstić information content (AvgIpc) is 2.68. The quantitative estimate of drug-likeness (QED) is 0.440. The van der Waals surface area contributed by atoms with Gasteiger partial charge < -0.3 is 19.5 Å². The Labute approximate surface area is 161 Å². The van der Waals surface area contributed by atoms with E-state index in [1.807, 2.05) is 0 Å². The van der Waals surface area contributed by atoms with Gasteiger partial charge in [-0.1, -0.05) is 12.1 Å². The smallest absolute Gasteiger partial charge is 0.346 e. The molecule has 28 heavy (non-hydrogen) atoms. The van der Waals surface area contributed by atoms with Crippen molar-refractivity contribution in [1.29, 1.82) is 0 Å². The molecular formula is C19H20N2O7. The summed E-state index contributed by atoms with van der Waals surface area (Å²) in [7, 11) is 2.77. The summed E-state index contributed by atoms with van der Waals surface area (Å²) in [5, 5.41) is 13.6. The number of carbonyl (C=O) groups is 2. The van der Waals surface area contributed by atoms with Crippen LogP contribution in [0.5, 0.6) is 11.5 Å². The van der Waals surface area contributed by atoms with Gasteiger partial charge in [-0.25, -0.2) is 4.79 Å². The van der Waals surface area contributed by atoms with Crippen LogP contribution in [0, 0.1) is 24.0 Å². The standard InChI is InChI=1S/C19H20N2O7/c1-11-8-9-13(21(24)25)18(12(11)2)20-16(22)10-28-19(23)17-14(26-3)6-5-7-15(17)27-4/h5-9H,10H2,1-4H3,(H,20,22). The van der Waals surface area contributed by atoms with Gasteiger partial charge in [-0.2, -0.15) is 0 Å². The van der Waals surface area contributed by atoms with E-state index in [2.05, 4.69) is 5.32 Å². The number of rotatable bonds is 7. The molecule has 9 nitrogen and oxygen atoms in total. The number of hydrogen-bond acceptors (Lipinski definition) is 7. The number of benzene rings is 2. The first-order chi connectivity index (χ1) is 13.3. The molecule has 2 rings (SSSR count). The van der Waals surface area contributed by atoms with Crippen molar-refractivity contribution in [2.75, 3.05) is 26.1 Å². The number of ether oxygens (including phenoxy) is 3. The Kier molecular flexibility index (Phi) is 6.54. The van der Waals surface area contributed by atoms with E-state index in [9.17, 15) is 19.7 Å². The molecule has 0 atom stereocenters. The van der Waals surface area contributed by atoms with Gasteiger partial charge in [0.1, 0.15) is 22.7 Å². The number of anilines is 1. The number of nitrogens with zero attached hydrogens (tertiary/aromatic N) is 1. The molecule has 9 heteroatoms. The van der Waals surface area contributed by atoms with Crippen molar-refractivity contribution in [2.45, 2.75) is 13.8 Å². The van der Waals surface area contributed by atoms with Crippen molar-refractivity contribution in [3.8, 4) is 11.5 Å². The van der Waals surface area contributed by atoms with Crippen LogP contribution in [0.25, 0.3) is 0 Å². The number of aryl methyl sites for hydroxylation is 1. The molecule has 0 spiro atoms. The fourth-order valence-corrected chi connectivity index (χ4v) is 2.54. The predicted molar refractivity (Wildman–Crippen MR) is 101 cm³/mol. The predicted octanol–water partition coefficient (Wildman–Crippen LogP) is 3.02. The lowest BCUT2D eigenvalue weighted by Gasteiger charge is -2.13. The Bertz CT molecular complexity index is 902. The van der Waals surface area contributed by atoms with E-state index in [1.165, 1.54) is 20.3 Å². The molecule has 148 valence electrons. The van der Waals surface area contributed by atoms with Crippen molar-refractivity contribution in [3.05, 3.63) is 57.1 Å². The SMILES string of the molecule is COc1cccc(OC)c1C(=O)OCC(=O)Nc1c([N+](=O)[O-])ccc(C)c1C. The maximum atomic E-state index is 12.4. The highest BCUT2D eigenvalue weighted by Gasteiger charge is 2.23. The Morgan fingerprint density at radius 3 is 2.21 bits per heavy atom. The lowest BCUT2D eigenvalue weighted by Crippen LogP contribution is -2.22. The maximum absolute atomic E-state index is 12.4. The van der Waals surface area contributed by atoms with Gasteiger partial charge >= 0.3 is 5.97 Å². The van der Waals surface area contributed by atoms with E-state index in [0.29, 0.717) is 5.56 Å². The zero-order valence-electron chi connectivity index (χ0n) is 15.9. The summed E-state index contributed by atoms with van der Waals surface area (Å²) in [5.74, 6) is -1.07. The Balaban J connectivity index is 2.16. The molecule has 0 unspecified atom stereocenters. The molecule has 0 aliphatic rings. The fraction of sp³-hybridized carbons (Fsp3) is 0.263. The zero-order chi connectivity index (χ0) is 20.8. The van der Waals surface area contributed by atoms with Crippen LogP contribution in [0.4, 0.5) is 11.4 Å². The molecule has 0 aliphatic carbocycles. The number of nitrogens with one attached hydrogen (secondary N) is 1. The highest BCUT2D eigenvalue weighted by atomic mass is 16.6. The second-order valence-corrected chi connectivity index (χ2v) is 5.82. The second-order valence-electron chi connectivity index (χ2n) is 5.82. The van der Waals surface area contributed by atoms with Crippen LogP contribution in [0.2, 0.25) is 0 Å². The third-order valence-electron chi connectivity index (χ3n) is 4.14. The molecule has 0 saturated heterocycles. The first kappa shape index (κ1) is 20.7. The van der Waals surface area contributed by atoms with Crippen LogP contribution in [-0.2, 0) is 9.53 Å². The molecule has 0 fully saturated rings. The van der Waals surface area contributed by atoms with Crippen LogP contribution in [0.3, 0.4) is 0 Å². The summed E-state index contributed by atoms with van der Waals surface area (Å²) >= 11 is 0. The van der Waals surface area contributed by atoms with Crippen LogP contribution in [0.15, 0.2) is 30.3 Å². The summed E-state index contributed by atoms with van der Waals surface area (Å²) in [6.45, 7) is 2.79. The molecule has 0 heterocycles. The number of carbonyl (C=O) groups excluding carboxylic acids is 2. The van der Waals surface area contributed by atoms with Gasteiger partial charge in [0.2, 0.25) is 0 Å². The monoisotopic (exact) mass is 388 g/mol. The number of hydrogen-bond donors (Lipinski definition) is 1. The second kappa shape index (κ2) is 8.85. The van der Waals surface area contributed by atoms with Crippen molar-refractivity contribution in [1.82, 2.24) is 0 Å². The van der Waals surface area contributed by atoms with Crippen LogP contribution in [0.1, 0.15) is 21.5 Å². The summed E-state index contributed by atoms with van der Waals surface area (Å²) in [6.07, 6.45) is 0. The molecule has 0 aromatic heterocycles. The highest BCUT2D eigenvalue weighted by Crippen LogP contribution is 2.31. The summed E-state index contributed by atoms with van der Waals surface area (Å²) in [6, 6.07) is 7.65. The molecule has 0 saturated carbocycles. The van der Waals surface area contributed by atoms with Crippen molar-refractivity contribution < 1.29 is 28.7 Å². The summed E-state index contributed by atoms with van der Waals surface area (Å²) < 4.78 is 15.3. The number of methoxy groups -OCH3 is 2. The third-order valence-corrected chi connectivity index (χ3v) is 4.14. The molecule has 1 amide bonds. The van der Waals surface area contributed by atoms with E-state index in [-0.39, 0.29) is 28.4 Å². The largest absolute Gasteiger partial charge is 0.496 e. The molecular weight excluding hydrogens is 368 g/mol. The zero-order valence-corrected chi connectivity index (χ0v) is 15.9. The fourth-order valence-electron chi connectivity index (χ4n) is 2.54. The number of nitro groups is 1. The normalized spacial score (nSPS) is 10.1. The van der Waals surface area contributed by atoms with Crippen LogP contribution in [-0.4, -0.2) is 37.6 Å². The minimum absolute atomic E-state index is 0.0398. The average molecular weight is 388 g/mol. The molecule has 0 bridgehead atoms. The summed E-state index contributed by atoms with van der Waals surface area (Å²) in [4.78, 5) is 35.2. The van der Waals surface area contributed by atoms with E-state index in [4.69, 9.17) is 14.2 Å². The first-order valence-electron chi connectivity index (χ1n) is 8.22. The number of amides is 1. The van der Waals surface area contributed by atoms with Gasteiger partial charge in [-0.15, -0.1) is 0 Å². The maximum Gasteiger partial charge on any atom is 0.346 e. The van der Waals surface area contributed by atoms with E-state index in [1.54, 1.807) is 38.1 Å². The van der Waals surface area contributed by atoms with Gasteiger partial charge in [-0.3, -0.25) is 14.9 Å². The van der Waals surface area contributed by atoms with Crippen LogP contribution >= 0.6 is 0 Å². The molecule has 0 aliphatic heterocycles. The topological polar surface area (TPSA) is 117 Å². The van der Waals surface area contributed by atoms with Gasteiger partial charge in [0.15, 0.2) is 6.61 Å². The number of esters is 1. The van der Waals surface area contributed by atoms with Gasteiger partial charge in [-0.05, 0) is 37.1 Å². The minimum atomic E-state index is -0.820. The minimum Gasteiger partial charge on any atom is -0.496 e. The Morgan fingerprint density at radius 1 is 1.07 bits per heavy atom. The third kappa shape index (κ3) is 4.37. The van der Waals surface area contributed by atoms with Gasteiger partial charge in [0.05, 0.1) is 19.1 Å². The van der Waals surface area contributed by atoms with Gasteiger partial charge in [0, 0.05) is 6.07 Å². The lowest BCUT2D eigenvalue weighted by atomic mass is 10.1. The molecule has 0 radical (unpaired) electrons.